The van der Waals surface area contributed by atoms with Crippen molar-refractivity contribution in [2.45, 2.75) is 6.42 Å². The number of nitriles is 1. The minimum atomic E-state index is -0.338. The van der Waals surface area contributed by atoms with E-state index in [1.165, 1.54) is 0 Å². The van der Waals surface area contributed by atoms with E-state index < -0.39 is 0 Å². The van der Waals surface area contributed by atoms with Gasteiger partial charge in [-0.15, -0.1) is 0 Å². The van der Waals surface area contributed by atoms with Crippen LogP contribution < -0.4 is 15.5 Å². The maximum absolute atomic E-state index is 13.3. The molecule has 3 amide bonds. The third-order valence-corrected chi connectivity index (χ3v) is 7.60. The number of piperazine rings is 1. The number of hydrogen-bond acceptors (Lipinski definition) is 6. The molecular weight excluding hydrogens is 540 g/mol. The fraction of sp³-hybridized carbons (Fsp3) is 0.290. The van der Waals surface area contributed by atoms with Crippen molar-refractivity contribution in [3.8, 4) is 6.07 Å². The van der Waals surface area contributed by atoms with Crippen molar-refractivity contribution in [1.29, 1.82) is 5.26 Å². The van der Waals surface area contributed by atoms with Crippen LogP contribution in [0.25, 0.3) is 0 Å². The molecule has 10 heteroatoms. The van der Waals surface area contributed by atoms with Gasteiger partial charge in [-0.1, -0.05) is 17.7 Å². The number of amides is 3. The second-order valence-electron chi connectivity index (χ2n) is 10.1. The molecule has 0 radical (unpaired) electrons. The molecule has 0 unspecified atom stereocenters. The van der Waals surface area contributed by atoms with Gasteiger partial charge in [0.05, 0.1) is 23.0 Å². The van der Waals surface area contributed by atoms with E-state index in [0.29, 0.717) is 72.2 Å². The van der Waals surface area contributed by atoms with Gasteiger partial charge in [0, 0.05) is 74.1 Å². The fourth-order valence-corrected chi connectivity index (χ4v) is 5.34. The molecule has 41 heavy (non-hydrogen) atoms. The first-order valence-corrected chi connectivity index (χ1v) is 14.1. The molecule has 3 aromatic carbocycles. The molecule has 210 valence electrons. The first-order chi connectivity index (χ1) is 19.9. The van der Waals surface area contributed by atoms with E-state index in [1.54, 1.807) is 60.7 Å². The highest BCUT2D eigenvalue weighted by atomic mass is 35.5. The smallest absolute Gasteiger partial charge is 0.255 e. The summed E-state index contributed by atoms with van der Waals surface area (Å²) in [5.74, 6) is -0.489. The van der Waals surface area contributed by atoms with Crippen molar-refractivity contribution in [3.63, 3.8) is 0 Å². The summed E-state index contributed by atoms with van der Waals surface area (Å²) in [6, 6.07) is 20.8. The van der Waals surface area contributed by atoms with E-state index in [0.717, 1.165) is 25.2 Å². The maximum Gasteiger partial charge on any atom is 0.255 e. The molecule has 2 aliphatic rings. The molecule has 0 saturated carbocycles. The molecule has 0 aromatic heterocycles. The first kappa shape index (κ1) is 28.1. The van der Waals surface area contributed by atoms with Gasteiger partial charge >= 0.3 is 0 Å². The third-order valence-electron chi connectivity index (χ3n) is 7.37. The Kier molecular flexibility index (Phi) is 8.82. The minimum Gasteiger partial charge on any atom is -0.368 e. The summed E-state index contributed by atoms with van der Waals surface area (Å²) in [4.78, 5) is 45.5. The lowest BCUT2D eigenvalue weighted by atomic mass is 10.1. The zero-order chi connectivity index (χ0) is 28.8. The zero-order valence-electron chi connectivity index (χ0n) is 22.6. The Morgan fingerprint density at radius 2 is 1.46 bits per heavy atom. The van der Waals surface area contributed by atoms with Gasteiger partial charge in [0.15, 0.2) is 0 Å². The topological polar surface area (TPSA) is 109 Å². The number of benzene rings is 3. The Morgan fingerprint density at radius 1 is 0.780 bits per heavy atom. The molecule has 0 spiro atoms. The van der Waals surface area contributed by atoms with Crippen LogP contribution in [0.2, 0.25) is 5.02 Å². The highest BCUT2D eigenvalue weighted by Crippen LogP contribution is 2.30. The summed E-state index contributed by atoms with van der Waals surface area (Å²) in [6.07, 6.45) is 0.733. The molecule has 0 atom stereocenters. The van der Waals surface area contributed by atoms with Crippen LogP contribution in [0.15, 0.2) is 66.7 Å². The second kappa shape index (κ2) is 12.9. The molecule has 3 aromatic rings. The van der Waals surface area contributed by atoms with E-state index in [9.17, 15) is 14.4 Å². The van der Waals surface area contributed by atoms with Gasteiger partial charge < -0.3 is 25.3 Å². The van der Waals surface area contributed by atoms with Gasteiger partial charge in [0.1, 0.15) is 0 Å². The molecule has 0 bridgehead atoms. The van der Waals surface area contributed by atoms with Crippen molar-refractivity contribution in [2.24, 2.45) is 0 Å². The number of rotatable bonds is 5. The van der Waals surface area contributed by atoms with Crippen LogP contribution in [0, 0.1) is 11.3 Å². The summed E-state index contributed by atoms with van der Waals surface area (Å²) in [7, 11) is 0. The molecule has 5 rings (SSSR count). The van der Waals surface area contributed by atoms with E-state index in [2.05, 4.69) is 21.6 Å². The summed E-state index contributed by atoms with van der Waals surface area (Å²) in [5.41, 5.74) is 3.22. The van der Waals surface area contributed by atoms with Crippen molar-refractivity contribution < 1.29 is 14.4 Å². The van der Waals surface area contributed by atoms with E-state index in [1.807, 2.05) is 15.9 Å². The van der Waals surface area contributed by atoms with Crippen molar-refractivity contribution >= 4 is 40.7 Å². The van der Waals surface area contributed by atoms with Crippen LogP contribution in [-0.2, 0) is 0 Å². The lowest BCUT2D eigenvalue weighted by Gasteiger charge is -2.29. The number of carbonyl (C=O) groups excluding carboxylic acids is 3. The zero-order valence-corrected chi connectivity index (χ0v) is 23.4. The molecule has 2 saturated heterocycles. The lowest BCUT2D eigenvalue weighted by Crippen LogP contribution is -2.46. The predicted octanol–water partition coefficient (Wildman–Crippen LogP) is 3.86. The molecular formula is C31H31ClN6O3. The van der Waals surface area contributed by atoms with Crippen molar-refractivity contribution in [1.82, 2.24) is 15.1 Å². The van der Waals surface area contributed by atoms with E-state index >= 15 is 0 Å². The van der Waals surface area contributed by atoms with Crippen LogP contribution in [0.5, 0.6) is 0 Å². The summed E-state index contributed by atoms with van der Waals surface area (Å²) >= 11 is 6.11. The number of halogens is 1. The third kappa shape index (κ3) is 6.68. The van der Waals surface area contributed by atoms with Gasteiger partial charge in [0.25, 0.3) is 17.7 Å². The minimum absolute atomic E-state index is 0.0688. The standard InChI is InChI=1S/C31H31ClN6O3/c32-26-4-1-3-24(19-26)30(40)37-14-2-13-36(17-18-37)28-10-9-25(31(41)38-15-11-34-12-16-38)20-27(28)35-29(39)23-7-5-22(21-33)6-8-23/h1,3-10,19-20,34H,2,11-18H2,(H,35,39). The molecule has 2 aliphatic heterocycles. The fourth-order valence-electron chi connectivity index (χ4n) is 5.15. The van der Waals surface area contributed by atoms with Gasteiger partial charge in [-0.05, 0) is 67.1 Å². The van der Waals surface area contributed by atoms with Crippen molar-refractivity contribution in [2.75, 3.05) is 62.6 Å². The van der Waals surface area contributed by atoms with Crippen LogP contribution in [0.1, 0.15) is 43.1 Å². The molecule has 9 nitrogen and oxygen atoms in total. The Morgan fingerprint density at radius 3 is 2.17 bits per heavy atom. The average molecular weight is 571 g/mol. The highest BCUT2D eigenvalue weighted by Gasteiger charge is 2.25. The van der Waals surface area contributed by atoms with Gasteiger partial charge in [-0.2, -0.15) is 5.26 Å². The molecule has 2 fully saturated rings. The Hall–Kier alpha value is -4.39. The average Bonchev–Trinajstić information content (AvgIpc) is 3.27. The quantitative estimate of drug-likeness (QED) is 0.482. The van der Waals surface area contributed by atoms with Crippen LogP contribution in [0.3, 0.4) is 0 Å². The number of hydrogen-bond donors (Lipinski definition) is 2. The Labute approximate surface area is 244 Å². The second-order valence-corrected chi connectivity index (χ2v) is 10.5. The number of carbonyl (C=O) groups is 3. The molecule has 2 heterocycles. The maximum atomic E-state index is 13.3. The Bertz CT molecular complexity index is 1480. The van der Waals surface area contributed by atoms with E-state index in [-0.39, 0.29) is 17.7 Å². The van der Waals surface area contributed by atoms with Gasteiger partial charge in [-0.3, -0.25) is 14.4 Å². The number of nitrogens with one attached hydrogen (secondary N) is 2. The number of anilines is 2. The largest absolute Gasteiger partial charge is 0.368 e. The van der Waals surface area contributed by atoms with E-state index in [4.69, 9.17) is 16.9 Å². The van der Waals surface area contributed by atoms with Crippen LogP contribution >= 0.6 is 11.6 Å². The molecule has 2 N–H and O–H groups in total. The first-order valence-electron chi connectivity index (χ1n) is 13.7. The Balaban J connectivity index is 1.39. The monoisotopic (exact) mass is 570 g/mol. The SMILES string of the molecule is N#Cc1ccc(C(=O)Nc2cc(C(=O)N3CCNCC3)ccc2N2CCCN(C(=O)c3cccc(Cl)c3)CC2)cc1. The summed E-state index contributed by atoms with van der Waals surface area (Å²) in [6.45, 7) is 5.03. The van der Waals surface area contributed by atoms with Crippen LogP contribution in [-0.4, -0.2) is 79.9 Å². The predicted molar refractivity (Wildman–Crippen MR) is 159 cm³/mol. The highest BCUT2D eigenvalue weighted by molar-refractivity contribution is 6.31. The van der Waals surface area contributed by atoms with Crippen molar-refractivity contribution in [3.05, 3.63) is 94.0 Å². The lowest BCUT2D eigenvalue weighted by molar-refractivity contribution is 0.0734. The summed E-state index contributed by atoms with van der Waals surface area (Å²) in [5, 5.41) is 15.9. The number of nitrogens with zero attached hydrogens (tertiary/aromatic N) is 4. The summed E-state index contributed by atoms with van der Waals surface area (Å²) < 4.78 is 0. The van der Waals surface area contributed by atoms with Gasteiger partial charge in [0.2, 0.25) is 0 Å². The van der Waals surface area contributed by atoms with Crippen LogP contribution in [0.4, 0.5) is 11.4 Å². The van der Waals surface area contributed by atoms with Gasteiger partial charge in [-0.25, -0.2) is 0 Å². The normalized spacial score (nSPS) is 15.6. The molecule has 0 aliphatic carbocycles.